The second-order valence-corrected chi connectivity index (χ2v) is 4.36. The number of hydrogen-bond donors (Lipinski definition) is 0. The van der Waals surface area contributed by atoms with E-state index >= 15 is 0 Å². The van der Waals surface area contributed by atoms with E-state index < -0.39 is 0 Å². The molecule has 0 heterocycles. The Morgan fingerprint density at radius 3 is 2.45 bits per heavy atom. The van der Waals surface area contributed by atoms with Crippen LogP contribution >= 0.6 is 0 Å². The van der Waals surface area contributed by atoms with Gasteiger partial charge in [0.2, 0.25) is 0 Å². The molecule has 0 spiro atoms. The largest absolute Gasteiger partial charge is 0.466 e. The fourth-order valence-corrected chi connectivity index (χ4v) is 1.70. The summed E-state index contributed by atoms with van der Waals surface area (Å²) >= 11 is 0. The Morgan fingerprint density at radius 1 is 1.25 bits per heavy atom. The smallest absolute Gasteiger partial charge is 0.306 e. The third kappa shape index (κ3) is 5.11. The number of nitrogens with zero attached hydrogens (tertiary/aromatic N) is 2. The van der Waals surface area contributed by atoms with Crippen LogP contribution in [0.4, 0.5) is 5.69 Å². The lowest BCUT2D eigenvalue weighted by molar-refractivity contribution is -0.144. The Hall–Kier alpha value is -2.35. The first-order valence-corrected chi connectivity index (χ1v) is 6.45. The highest BCUT2D eigenvalue weighted by molar-refractivity contribution is 5.86. The highest BCUT2D eigenvalue weighted by Gasteiger charge is 2.10. The average molecular weight is 274 g/mol. The fraction of sp³-hybridized carbons (Fsp3) is 0.400. The van der Waals surface area contributed by atoms with Crippen LogP contribution in [0.1, 0.15) is 25.3 Å². The van der Waals surface area contributed by atoms with Crippen LogP contribution < -0.4 is 4.90 Å². The molecule has 20 heavy (non-hydrogen) atoms. The molecule has 1 rings (SSSR count). The van der Waals surface area contributed by atoms with E-state index in [9.17, 15) is 9.59 Å². The van der Waals surface area contributed by atoms with Crippen molar-refractivity contribution in [1.29, 1.82) is 5.26 Å². The van der Waals surface area contributed by atoms with Crippen LogP contribution in [0.3, 0.4) is 0 Å². The van der Waals surface area contributed by atoms with Crippen LogP contribution in [0.5, 0.6) is 0 Å². The van der Waals surface area contributed by atoms with Crippen LogP contribution in [-0.2, 0) is 14.3 Å². The first-order valence-electron chi connectivity index (χ1n) is 6.45. The molecule has 0 aliphatic rings. The molecule has 0 amide bonds. The average Bonchev–Trinajstić information content (AvgIpc) is 2.45. The van der Waals surface area contributed by atoms with E-state index in [0.29, 0.717) is 12.2 Å². The predicted octanol–water partition coefficient (Wildman–Crippen LogP) is 1.91. The Bertz CT molecular complexity index is 503. The van der Waals surface area contributed by atoms with Gasteiger partial charge in [-0.05, 0) is 31.2 Å². The summed E-state index contributed by atoms with van der Waals surface area (Å²) in [5.74, 6) is -0.369. The standard InChI is InChI=1S/C15H18N2O3/c1-3-20-15(19)9-8-14(18)11-17(2)13-6-4-12(10-16)5-7-13/h4-7H,3,8-9,11H2,1-2H3. The highest BCUT2D eigenvalue weighted by Crippen LogP contribution is 2.13. The van der Waals surface area contributed by atoms with Crippen molar-refractivity contribution in [1.82, 2.24) is 0 Å². The van der Waals surface area contributed by atoms with Gasteiger partial charge in [0.1, 0.15) is 0 Å². The van der Waals surface area contributed by atoms with Crippen molar-refractivity contribution >= 4 is 17.4 Å². The predicted molar refractivity (Wildman–Crippen MR) is 75.3 cm³/mol. The summed E-state index contributed by atoms with van der Waals surface area (Å²) < 4.78 is 4.77. The van der Waals surface area contributed by atoms with E-state index in [2.05, 4.69) is 0 Å². The number of ketones is 1. The van der Waals surface area contributed by atoms with Crippen molar-refractivity contribution in [2.45, 2.75) is 19.8 Å². The third-order valence-corrected chi connectivity index (χ3v) is 2.76. The molecule has 1 aromatic rings. The van der Waals surface area contributed by atoms with Crippen LogP contribution in [0, 0.1) is 11.3 Å². The lowest BCUT2D eigenvalue weighted by Crippen LogP contribution is -2.26. The molecule has 5 heteroatoms. The zero-order valence-electron chi connectivity index (χ0n) is 11.8. The minimum absolute atomic E-state index is 0.0232. The molecule has 106 valence electrons. The van der Waals surface area contributed by atoms with Gasteiger partial charge >= 0.3 is 5.97 Å². The fourth-order valence-electron chi connectivity index (χ4n) is 1.70. The van der Waals surface area contributed by atoms with Crippen molar-refractivity contribution in [2.75, 3.05) is 25.1 Å². The van der Waals surface area contributed by atoms with Gasteiger partial charge in [-0.25, -0.2) is 0 Å². The van der Waals surface area contributed by atoms with Gasteiger partial charge in [0, 0.05) is 19.2 Å². The van der Waals surface area contributed by atoms with Crippen molar-refractivity contribution in [3.8, 4) is 6.07 Å². The number of esters is 1. The number of benzene rings is 1. The Kier molecular flexibility index (Phi) is 6.24. The lowest BCUT2D eigenvalue weighted by Gasteiger charge is -2.18. The number of nitriles is 1. The molecule has 0 atom stereocenters. The van der Waals surface area contributed by atoms with E-state index in [1.165, 1.54) is 0 Å². The van der Waals surface area contributed by atoms with Crippen molar-refractivity contribution in [3.05, 3.63) is 29.8 Å². The zero-order chi connectivity index (χ0) is 15.0. The van der Waals surface area contributed by atoms with Gasteiger partial charge < -0.3 is 9.64 Å². The second kappa shape index (κ2) is 7.95. The molecule has 0 aliphatic carbocycles. The molecule has 5 nitrogen and oxygen atoms in total. The topological polar surface area (TPSA) is 70.4 Å². The first kappa shape index (κ1) is 15.7. The maximum absolute atomic E-state index is 11.8. The molecule has 0 N–H and O–H groups in total. The van der Waals surface area contributed by atoms with E-state index in [-0.39, 0.29) is 31.1 Å². The van der Waals surface area contributed by atoms with Gasteiger partial charge in [-0.2, -0.15) is 5.26 Å². The van der Waals surface area contributed by atoms with Gasteiger partial charge in [-0.3, -0.25) is 9.59 Å². The molecule has 0 saturated carbocycles. The molecule has 1 aromatic carbocycles. The molecule has 0 radical (unpaired) electrons. The van der Waals surface area contributed by atoms with Crippen LogP contribution in [0.25, 0.3) is 0 Å². The summed E-state index contributed by atoms with van der Waals surface area (Å²) in [5.41, 5.74) is 1.43. The summed E-state index contributed by atoms with van der Waals surface area (Å²) in [6, 6.07) is 9.03. The minimum Gasteiger partial charge on any atom is -0.466 e. The molecule has 0 aromatic heterocycles. The molecule has 0 unspecified atom stereocenters. The van der Waals surface area contributed by atoms with E-state index in [1.54, 1.807) is 43.1 Å². The summed E-state index contributed by atoms with van der Waals surface area (Å²) in [6.07, 6.45) is 0.299. The van der Waals surface area contributed by atoms with Crippen molar-refractivity contribution < 1.29 is 14.3 Å². The zero-order valence-corrected chi connectivity index (χ0v) is 11.8. The number of ether oxygens (including phenoxy) is 1. The number of Topliss-reactive ketones (excluding diaryl/α,β-unsaturated/α-hetero) is 1. The maximum Gasteiger partial charge on any atom is 0.306 e. The summed E-state index contributed by atoms with van der Waals surface area (Å²) in [7, 11) is 1.80. The highest BCUT2D eigenvalue weighted by atomic mass is 16.5. The first-order chi connectivity index (χ1) is 9.56. The number of anilines is 1. The summed E-state index contributed by atoms with van der Waals surface area (Å²) in [4.78, 5) is 24.7. The van der Waals surface area contributed by atoms with Crippen molar-refractivity contribution in [3.63, 3.8) is 0 Å². The Balaban J connectivity index is 2.44. The molecule has 0 bridgehead atoms. The minimum atomic E-state index is -0.345. The van der Waals surface area contributed by atoms with Gasteiger partial charge in [-0.1, -0.05) is 0 Å². The van der Waals surface area contributed by atoms with E-state index in [1.807, 2.05) is 6.07 Å². The molecular weight excluding hydrogens is 256 g/mol. The van der Waals surface area contributed by atoms with E-state index in [0.717, 1.165) is 5.69 Å². The van der Waals surface area contributed by atoms with Crippen LogP contribution in [0.2, 0.25) is 0 Å². The monoisotopic (exact) mass is 274 g/mol. The molecule has 0 fully saturated rings. The molecular formula is C15H18N2O3. The van der Waals surface area contributed by atoms with Crippen molar-refractivity contribution in [2.24, 2.45) is 0 Å². The van der Waals surface area contributed by atoms with Gasteiger partial charge in [0.15, 0.2) is 5.78 Å². The van der Waals surface area contributed by atoms with Crippen LogP contribution in [0.15, 0.2) is 24.3 Å². The molecule has 0 saturated heterocycles. The SMILES string of the molecule is CCOC(=O)CCC(=O)CN(C)c1ccc(C#N)cc1. The number of likely N-dealkylation sites (N-methyl/N-ethyl adjacent to an activating group) is 1. The number of hydrogen-bond acceptors (Lipinski definition) is 5. The van der Waals surface area contributed by atoms with Gasteiger partial charge in [0.25, 0.3) is 0 Å². The van der Waals surface area contributed by atoms with Crippen LogP contribution in [-0.4, -0.2) is 32.0 Å². The Morgan fingerprint density at radius 2 is 1.90 bits per heavy atom. The quantitative estimate of drug-likeness (QED) is 0.710. The van der Waals surface area contributed by atoms with Gasteiger partial charge in [-0.15, -0.1) is 0 Å². The summed E-state index contributed by atoms with van der Waals surface area (Å²) in [5, 5.41) is 8.72. The normalized spacial score (nSPS) is 9.65. The lowest BCUT2D eigenvalue weighted by atomic mass is 10.2. The summed E-state index contributed by atoms with van der Waals surface area (Å²) in [6.45, 7) is 2.29. The second-order valence-electron chi connectivity index (χ2n) is 4.36. The number of carbonyl (C=O) groups is 2. The number of carbonyl (C=O) groups excluding carboxylic acids is 2. The number of rotatable bonds is 7. The maximum atomic E-state index is 11.8. The van der Waals surface area contributed by atoms with Gasteiger partial charge in [0.05, 0.1) is 31.2 Å². The Labute approximate surface area is 118 Å². The third-order valence-electron chi connectivity index (χ3n) is 2.76. The van der Waals surface area contributed by atoms with E-state index in [4.69, 9.17) is 10.00 Å². The molecule has 0 aliphatic heterocycles.